The van der Waals surface area contributed by atoms with E-state index >= 15 is 0 Å². The summed E-state index contributed by atoms with van der Waals surface area (Å²) in [6.07, 6.45) is 1.45. The zero-order chi connectivity index (χ0) is 10.3. The first-order valence-electron chi connectivity index (χ1n) is 3.77. The number of halogens is 2. The Balaban J connectivity index is 3.03. The van der Waals surface area contributed by atoms with Crippen molar-refractivity contribution in [3.63, 3.8) is 0 Å². The topological polar surface area (TPSA) is 47.8 Å². The van der Waals surface area contributed by atoms with E-state index in [1.165, 1.54) is 17.0 Å². The Morgan fingerprint density at radius 3 is 3.00 bits per heavy atom. The summed E-state index contributed by atoms with van der Waals surface area (Å²) in [5.41, 5.74) is 0.387. The molecule has 0 aliphatic carbocycles. The van der Waals surface area contributed by atoms with Crippen molar-refractivity contribution < 1.29 is 0 Å². The van der Waals surface area contributed by atoms with Crippen LogP contribution in [-0.4, -0.2) is 14.5 Å². The Kier molecular flexibility index (Phi) is 2.28. The third-order valence-corrected chi connectivity index (χ3v) is 2.58. The monoisotopic (exact) mass is 273 g/mol. The van der Waals surface area contributed by atoms with Gasteiger partial charge >= 0.3 is 0 Å². The van der Waals surface area contributed by atoms with E-state index in [0.29, 0.717) is 15.5 Å². The van der Waals surface area contributed by atoms with Gasteiger partial charge in [0, 0.05) is 7.05 Å². The second-order valence-electron chi connectivity index (χ2n) is 2.79. The van der Waals surface area contributed by atoms with Gasteiger partial charge in [-0.3, -0.25) is 4.79 Å². The molecule has 0 saturated heterocycles. The van der Waals surface area contributed by atoms with Crippen molar-refractivity contribution in [3.8, 4) is 0 Å². The van der Waals surface area contributed by atoms with Crippen LogP contribution in [0.1, 0.15) is 0 Å². The molecule has 0 spiro atoms. The number of fused-ring (bicyclic) bond motifs is 1. The van der Waals surface area contributed by atoms with Crippen molar-refractivity contribution >= 4 is 38.4 Å². The predicted octanol–water partition coefficient (Wildman–Crippen LogP) is 1.74. The second kappa shape index (κ2) is 3.33. The maximum atomic E-state index is 11.6. The third kappa shape index (κ3) is 1.42. The van der Waals surface area contributed by atoms with Crippen LogP contribution in [0.25, 0.3) is 10.9 Å². The molecule has 0 N–H and O–H groups in total. The molecule has 0 amide bonds. The van der Waals surface area contributed by atoms with E-state index in [9.17, 15) is 4.79 Å². The third-order valence-electron chi connectivity index (χ3n) is 1.83. The molecule has 0 aromatic carbocycles. The fourth-order valence-corrected chi connectivity index (χ4v) is 1.95. The van der Waals surface area contributed by atoms with E-state index in [1.807, 2.05) is 0 Å². The molecule has 0 aliphatic rings. The van der Waals surface area contributed by atoms with Crippen LogP contribution < -0.4 is 5.56 Å². The van der Waals surface area contributed by atoms with Gasteiger partial charge in [-0.1, -0.05) is 11.6 Å². The summed E-state index contributed by atoms with van der Waals surface area (Å²) in [7, 11) is 1.64. The van der Waals surface area contributed by atoms with E-state index in [2.05, 4.69) is 25.9 Å². The van der Waals surface area contributed by atoms with Crippen molar-refractivity contribution in [3.05, 3.63) is 32.5 Å². The van der Waals surface area contributed by atoms with E-state index < -0.39 is 0 Å². The summed E-state index contributed by atoms with van der Waals surface area (Å²) in [5, 5.41) is 0.733. The average molecular weight is 275 g/mol. The summed E-state index contributed by atoms with van der Waals surface area (Å²) in [5.74, 6) is 0. The molecule has 6 heteroatoms. The van der Waals surface area contributed by atoms with Crippen molar-refractivity contribution in [2.75, 3.05) is 0 Å². The lowest BCUT2D eigenvalue weighted by atomic mass is 10.3. The number of hydrogen-bond acceptors (Lipinski definition) is 3. The Hall–Kier alpha value is -0.940. The van der Waals surface area contributed by atoms with Gasteiger partial charge in [-0.05, 0) is 22.0 Å². The minimum absolute atomic E-state index is 0.139. The molecule has 2 rings (SSSR count). The molecule has 0 fully saturated rings. The molecule has 0 saturated carbocycles. The SMILES string of the molecule is Cn1cnc2c(Br)nc(Cl)cc2c1=O. The van der Waals surface area contributed by atoms with Crippen LogP contribution in [0.2, 0.25) is 5.15 Å². The Morgan fingerprint density at radius 2 is 2.29 bits per heavy atom. The van der Waals surface area contributed by atoms with Crippen LogP contribution in [0.5, 0.6) is 0 Å². The number of rotatable bonds is 0. The minimum Gasteiger partial charge on any atom is -0.302 e. The number of hydrogen-bond donors (Lipinski definition) is 0. The normalized spacial score (nSPS) is 10.8. The zero-order valence-electron chi connectivity index (χ0n) is 7.16. The van der Waals surface area contributed by atoms with Crippen molar-refractivity contribution in [2.24, 2.45) is 7.05 Å². The van der Waals surface area contributed by atoms with Gasteiger partial charge in [-0.15, -0.1) is 0 Å². The van der Waals surface area contributed by atoms with Gasteiger partial charge in [0.25, 0.3) is 5.56 Å². The molecule has 0 aliphatic heterocycles. The molecule has 2 aromatic rings. The Morgan fingerprint density at radius 1 is 1.57 bits per heavy atom. The fraction of sp³-hybridized carbons (Fsp3) is 0.125. The molecule has 14 heavy (non-hydrogen) atoms. The Labute approximate surface area is 92.7 Å². The second-order valence-corrected chi connectivity index (χ2v) is 3.93. The summed E-state index contributed by atoms with van der Waals surface area (Å²) in [4.78, 5) is 19.7. The maximum Gasteiger partial charge on any atom is 0.261 e. The first kappa shape index (κ1) is 9.61. The van der Waals surface area contributed by atoms with Crippen molar-refractivity contribution in [2.45, 2.75) is 0 Å². The quantitative estimate of drug-likeness (QED) is 0.688. The van der Waals surface area contributed by atoms with E-state index in [4.69, 9.17) is 11.6 Å². The van der Waals surface area contributed by atoms with Crippen LogP contribution in [0.3, 0.4) is 0 Å². The molecular formula is C8H5BrClN3O. The molecule has 0 unspecified atom stereocenters. The van der Waals surface area contributed by atoms with Crippen LogP contribution in [0, 0.1) is 0 Å². The van der Waals surface area contributed by atoms with Gasteiger partial charge in [-0.2, -0.15) is 0 Å². The molecule has 0 bridgehead atoms. The molecule has 2 aromatic heterocycles. The summed E-state index contributed by atoms with van der Waals surface area (Å²) < 4.78 is 1.88. The van der Waals surface area contributed by atoms with Crippen molar-refractivity contribution in [1.29, 1.82) is 0 Å². The van der Waals surface area contributed by atoms with Gasteiger partial charge in [0.05, 0.1) is 11.7 Å². The van der Waals surface area contributed by atoms with E-state index in [0.717, 1.165) is 0 Å². The molecule has 72 valence electrons. The van der Waals surface area contributed by atoms with Crippen molar-refractivity contribution in [1.82, 2.24) is 14.5 Å². The zero-order valence-corrected chi connectivity index (χ0v) is 9.50. The number of aromatic nitrogens is 3. The highest BCUT2D eigenvalue weighted by Gasteiger charge is 2.07. The molecule has 4 nitrogen and oxygen atoms in total. The highest BCUT2D eigenvalue weighted by Crippen LogP contribution is 2.20. The maximum absolute atomic E-state index is 11.6. The molecule has 0 radical (unpaired) electrons. The van der Waals surface area contributed by atoms with E-state index in [-0.39, 0.29) is 10.7 Å². The lowest BCUT2D eigenvalue weighted by molar-refractivity contribution is 0.841. The average Bonchev–Trinajstić information content (AvgIpc) is 2.12. The van der Waals surface area contributed by atoms with Crippen LogP contribution in [-0.2, 0) is 7.05 Å². The van der Waals surface area contributed by atoms with Crippen LogP contribution in [0.15, 0.2) is 21.8 Å². The number of aryl methyl sites for hydroxylation is 1. The van der Waals surface area contributed by atoms with Gasteiger partial charge < -0.3 is 4.57 Å². The Bertz CT molecular complexity index is 566. The minimum atomic E-state index is -0.139. The number of nitrogens with zero attached hydrogens (tertiary/aromatic N) is 3. The summed E-state index contributed by atoms with van der Waals surface area (Å²) in [6, 6.07) is 1.51. The highest BCUT2D eigenvalue weighted by molar-refractivity contribution is 9.10. The fourth-order valence-electron chi connectivity index (χ4n) is 1.15. The van der Waals surface area contributed by atoms with E-state index in [1.54, 1.807) is 7.05 Å². The van der Waals surface area contributed by atoms with Gasteiger partial charge in [-0.25, -0.2) is 9.97 Å². The molecular weight excluding hydrogens is 269 g/mol. The highest BCUT2D eigenvalue weighted by atomic mass is 79.9. The van der Waals surface area contributed by atoms with Crippen LogP contribution in [0.4, 0.5) is 0 Å². The first-order chi connectivity index (χ1) is 6.59. The standard InChI is InChI=1S/C8H5BrClN3O/c1-13-3-11-6-4(8(13)14)2-5(10)12-7(6)9/h2-3H,1H3. The lowest BCUT2D eigenvalue weighted by Crippen LogP contribution is -2.17. The first-order valence-corrected chi connectivity index (χ1v) is 4.94. The van der Waals surface area contributed by atoms with Gasteiger partial charge in [0.15, 0.2) is 0 Å². The number of pyridine rings is 1. The smallest absolute Gasteiger partial charge is 0.261 e. The summed E-state index contributed by atoms with van der Waals surface area (Å²) in [6.45, 7) is 0. The predicted molar refractivity (Wildman–Crippen MR) is 57.5 cm³/mol. The van der Waals surface area contributed by atoms with Gasteiger partial charge in [0.2, 0.25) is 0 Å². The lowest BCUT2D eigenvalue weighted by Gasteiger charge is -2.01. The largest absolute Gasteiger partial charge is 0.302 e. The summed E-state index contributed by atoms with van der Waals surface area (Å²) >= 11 is 8.93. The molecule has 0 atom stereocenters. The van der Waals surface area contributed by atoms with Crippen LogP contribution >= 0.6 is 27.5 Å². The molecule has 2 heterocycles. The van der Waals surface area contributed by atoms with Gasteiger partial charge in [0.1, 0.15) is 15.3 Å².